The van der Waals surface area contributed by atoms with Crippen LogP contribution in [0.2, 0.25) is 0 Å². The molecule has 0 aromatic carbocycles. The largest absolute Gasteiger partial charge is 0.480 e. The quantitative estimate of drug-likeness (QED) is 0.780. The Kier molecular flexibility index (Phi) is 3.03. The summed E-state index contributed by atoms with van der Waals surface area (Å²) in [5.74, 6) is -0.374. The molecule has 16 heavy (non-hydrogen) atoms. The molecule has 1 saturated heterocycles. The summed E-state index contributed by atoms with van der Waals surface area (Å²) in [5, 5.41) is 8.72. The maximum absolute atomic E-state index is 11.8. The molecule has 0 spiro atoms. The molecular weight excluding hydrogens is 208 g/mol. The van der Waals surface area contributed by atoms with E-state index in [1.807, 2.05) is 0 Å². The number of aliphatic carboxylic acids is 1. The predicted molar refractivity (Wildman–Crippen MR) is 58.1 cm³/mol. The molecule has 1 aliphatic heterocycles. The van der Waals surface area contributed by atoms with Gasteiger partial charge in [0.2, 0.25) is 0 Å². The summed E-state index contributed by atoms with van der Waals surface area (Å²) in [5.41, 5.74) is 0. The van der Waals surface area contributed by atoms with Crippen LogP contribution >= 0.6 is 0 Å². The molecule has 1 atom stereocenters. The fraction of sp³-hybridized carbons (Fsp3) is 0.818. The molecule has 1 unspecified atom stereocenters. The minimum Gasteiger partial charge on any atom is -0.480 e. The zero-order valence-electron chi connectivity index (χ0n) is 9.56. The molecule has 2 amide bonds. The van der Waals surface area contributed by atoms with Gasteiger partial charge in [-0.05, 0) is 18.8 Å². The van der Waals surface area contributed by atoms with Crippen LogP contribution in [-0.4, -0.2) is 53.1 Å². The first kappa shape index (κ1) is 11.2. The highest BCUT2D eigenvalue weighted by Crippen LogP contribution is 2.33. The van der Waals surface area contributed by atoms with E-state index in [-0.39, 0.29) is 18.6 Å². The topological polar surface area (TPSA) is 60.9 Å². The van der Waals surface area contributed by atoms with Gasteiger partial charge in [0.05, 0.1) is 6.04 Å². The van der Waals surface area contributed by atoms with Crippen LogP contribution in [-0.2, 0) is 4.79 Å². The van der Waals surface area contributed by atoms with Crippen molar-refractivity contribution in [2.75, 3.05) is 20.1 Å². The SMILES string of the molecule is CN1C(=O)N(CC(=O)O)CC1C1CCCC1. The van der Waals surface area contributed by atoms with Gasteiger partial charge in [0.25, 0.3) is 0 Å². The normalized spacial score (nSPS) is 26.8. The molecule has 2 rings (SSSR count). The van der Waals surface area contributed by atoms with Crippen molar-refractivity contribution in [1.29, 1.82) is 0 Å². The van der Waals surface area contributed by atoms with E-state index in [1.54, 1.807) is 11.9 Å². The first-order valence-electron chi connectivity index (χ1n) is 5.83. The third-order valence-corrected chi connectivity index (χ3v) is 3.75. The van der Waals surface area contributed by atoms with E-state index in [2.05, 4.69) is 0 Å². The molecule has 5 heteroatoms. The summed E-state index contributed by atoms with van der Waals surface area (Å²) in [6.07, 6.45) is 4.82. The molecular formula is C11H18N2O3. The molecule has 1 heterocycles. The Balaban J connectivity index is 2.01. The molecule has 0 aromatic rings. The summed E-state index contributed by atoms with van der Waals surface area (Å²) in [7, 11) is 1.78. The third kappa shape index (κ3) is 1.99. The van der Waals surface area contributed by atoms with Crippen molar-refractivity contribution < 1.29 is 14.7 Å². The van der Waals surface area contributed by atoms with Gasteiger partial charge in [0.15, 0.2) is 0 Å². The first-order chi connectivity index (χ1) is 7.59. The zero-order chi connectivity index (χ0) is 11.7. The van der Waals surface area contributed by atoms with Crippen LogP contribution in [0.4, 0.5) is 4.79 Å². The van der Waals surface area contributed by atoms with Crippen LogP contribution in [0, 0.1) is 5.92 Å². The van der Waals surface area contributed by atoms with E-state index in [1.165, 1.54) is 30.6 Å². The Hall–Kier alpha value is -1.26. The predicted octanol–water partition coefficient (Wildman–Crippen LogP) is 0.997. The molecule has 0 radical (unpaired) electrons. The lowest BCUT2D eigenvalue weighted by molar-refractivity contribution is -0.137. The summed E-state index contributed by atoms with van der Waals surface area (Å²) in [4.78, 5) is 25.6. The maximum Gasteiger partial charge on any atom is 0.323 e. The van der Waals surface area contributed by atoms with Gasteiger partial charge < -0.3 is 14.9 Å². The molecule has 5 nitrogen and oxygen atoms in total. The van der Waals surface area contributed by atoms with Crippen LogP contribution in [0.15, 0.2) is 0 Å². The summed E-state index contributed by atoms with van der Waals surface area (Å²) in [6, 6.07) is 0.0775. The van der Waals surface area contributed by atoms with Gasteiger partial charge in [-0.3, -0.25) is 4.79 Å². The van der Waals surface area contributed by atoms with Crippen molar-refractivity contribution in [1.82, 2.24) is 9.80 Å². The van der Waals surface area contributed by atoms with E-state index in [4.69, 9.17) is 5.11 Å². The van der Waals surface area contributed by atoms with Gasteiger partial charge in [-0.2, -0.15) is 0 Å². The molecule has 0 bridgehead atoms. The Morgan fingerprint density at radius 2 is 2.06 bits per heavy atom. The van der Waals surface area contributed by atoms with Gasteiger partial charge in [0, 0.05) is 13.6 Å². The highest BCUT2D eigenvalue weighted by molar-refractivity contribution is 5.82. The summed E-state index contributed by atoms with van der Waals surface area (Å²) in [6.45, 7) is 0.401. The van der Waals surface area contributed by atoms with Gasteiger partial charge in [-0.1, -0.05) is 12.8 Å². The van der Waals surface area contributed by atoms with Gasteiger partial charge in [-0.15, -0.1) is 0 Å². The van der Waals surface area contributed by atoms with Gasteiger partial charge >= 0.3 is 12.0 Å². The van der Waals surface area contributed by atoms with Crippen molar-refractivity contribution in [3.8, 4) is 0 Å². The summed E-state index contributed by atoms with van der Waals surface area (Å²) < 4.78 is 0. The second-order valence-electron chi connectivity index (χ2n) is 4.78. The van der Waals surface area contributed by atoms with Crippen molar-refractivity contribution in [3.63, 3.8) is 0 Å². The number of hydrogen-bond acceptors (Lipinski definition) is 2. The minimum absolute atomic E-state index is 0.140. The van der Waals surface area contributed by atoms with Gasteiger partial charge in [-0.25, -0.2) is 4.79 Å². The number of carbonyl (C=O) groups is 2. The second kappa shape index (κ2) is 4.31. The highest BCUT2D eigenvalue weighted by atomic mass is 16.4. The number of urea groups is 1. The van der Waals surface area contributed by atoms with Crippen molar-refractivity contribution in [2.24, 2.45) is 5.92 Å². The van der Waals surface area contributed by atoms with Crippen LogP contribution in [0.3, 0.4) is 0 Å². The molecule has 1 N–H and O–H groups in total. The number of carboxylic acid groups (broad SMARTS) is 1. The molecule has 2 aliphatic rings. The van der Waals surface area contributed by atoms with E-state index < -0.39 is 5.97 Å². The fourth-order valence-corrected chi connectivity index (χ4v) is 2.89. The standard InChI is InChI=1S/C11H18N2O3/c1-12-9(8-4-2-3-5-8)6-13(11(12)16)7-10(14)15/h8-9H,2-7H2,1H3,(H,14,15). The molecule has 2 fully saturated rings. The van der Waals surface area contributed by atoms with Crippen molar-refractivity contribution in [3.05, 3.63) is 0 Å². The lowest BCUT2D eigenvalue weighted by Gasteiger charge is -2.23. The average Bonchev–Trinajstić information content (AvgIpc) is 2.81. The number of carboxylic acids is 1. The van der Waals surface area contributed by atoms with E-state index in [0.717, 1.165) is 0 Å². The van der Waals surface area contributed by atoms with Crippen molar-refractivity contribution >= 4 is 12.0 Å². The van der Waals surface area contributed by atoms with E-state index in [9.17, 15) is 9.59 Å². The third-order valence-electron chi connectivity index (χ3n) is 3.75. The first-order valence-corrected chi connectivity index (χ1v) is 5.83. The average molecular weight is 226 g/mol. The number of rotatable bonds is 3. The number of likely N-dealkylation sites (N-methyl/N-ethyl adjacent to an activating group) is 1. The molecule has 0 aromatic heterocycles. The number of carbonyl (C=O) groups excluding carboxylic acids is 1. The monoisotopic (exact) mass is 226 g/mol. The van der Waals surface area contributed by atoms with Crippen LogP contribution < -0.4 is 0 Å². The number of amides is 2. The Labute approximate surface area is 95.0 Å². The Morgan fingerprint density at radius 3 is 2.62 bits per heavy atom. The highest BCUT2D eigenvalue weighted by Gasteiger charge is 2.40. The fourth-order valence-electron chi connectivity index (χ4n) is 2.89. The lowest BCUT2D eigenvalue weighted by atomic mass is 9.98. The Morgan fingerprint density at radius 1 is 1.44 bits per heavy atom. The van der Waals surface area contributed by atoms with Gasteiger partial charge in [0.1, 0.15) is 6.54 Å². The molecule has 1 saturated carbocycles. The van der Waals surface area contributed by atoms with Crippen LogP contribution in [0.1, 0.15) is 25.7 Å². The minimum atomic E-state index is -0.936. The van der Waals surface area contributed by atoms with E-state index in [0.29, 0.717) is 12.5 Å². The smallest absolute Gasteiger partial charge is 0.323 e. The Bertz CT molecular complexity index is 300. The van der Waals surface area contributed by atoms with E-state index >= 15 is 0 Å². The molecule has 1 aliphatic carbocycles. The maximum atomic E-state index is 11.8. The summed E-state index contributed by atoms with van der Waals surface area (Å²) >= 11 is 0. The molecule has 90 valence electrons. The van der Waals surface area contributed by atoms with Crippen molar-refractivity contribution in [2.45, 2.75) is 31.7 Å². The number of hydrogen-bond donors (Lipinski definition) is 1. The number of nitrogens with zero attached hydrogens (tertiary/aromatic N) is 2. The second-order valence-corrected chi connectivity index (χ2v) is 4.78. The van der Waals surface area contributed by atoms with Crippen LogP contribution in [0.5, 0.6) is 0 Å². The van der Waals surface area contributed by atoms with Crippen LogP contribution in [0.25, 0.3) is 0 Å². The lowest BCUT2D eigenvalue weighted by Crippen LogP contribution is -2.35. The zero-order valence-corrected chi connectivity index (χ0v) is 9.56.